The van der Waals surface area contributed by atoms with Crippen LogP contribution in [0.3, 0.4) is 0 Å². The molecule has 0 aromatic carbocycles. The minimum Gasteiger partial charge on any atom is -0.496 e. The van der Waals surface area contributed by atoms with Crippen LogP contribution in [0.2, 0.25) is 0 Å². The molecule has 0 fully saturated rings. The first-order valence-corrected chi connectivity index (χ1v) is 4.68. The molecule has 0 radical (unpaired) electrons. The lowest BCUT2D eigenvalue weighted by atomic mass is 10.1. The van der Waals surface area contributed by atoms with Crippen molar-refractivity contribution in [3.8, 4) is 0 Å². The molecule has 0 amide bonds. The third kappa shape index (κ3) is 3.24. The van der Waals surface area contributed by atoms with E-state index < -0.39 is 0 Å². The summed E-state index contributed by atoms with van der Waals surface area (Å²) in [5.41, 5.74) is 4.56. The standard InChI is InChI=1S/C12H15NO2/c1-13(2)8-10-5-4-6-12(15-3)7-11(10)9-14/h5-7,9H,8H2,1-3H3. The first-order valence-electron chi connectivity index (χ1n) is 4.68. The van der Waals surface area contributed by atoms with Crippen molar-refractivity contribution in [2.75, 3.05) is 27.7 Å². The Morgan fingerprint density at radius 2 is 2.20 bits per heavy atom. The summed E-state index contributed by atoms with van der Waals surface area (Å²) in [7, 11) is 5.49. The Morgan fingerprint density at radius 1 is 1.47 bits per heavy atom. The van der Waals surface area contributed by atoms with Gasteiger partial charge >= 0.3 is 0 Å². The number of hydrogen-bond donors (Lipinski definition) is 0. The lowest BCUT2D eigenvalue weighted by Crippen LogP contribution is -2.15. The molecule has 0 spiro atoms. The van der Waals surface area contributed by atoms with Gasteiger partial charge in [0, 0.05) is 18.2 Å². The van der Waals surface area contributed by atoms with Crippen molar-refractivity contribution in [3.63, 3.8) is 0 Å². The molecule has 1 aliphatic carbocycles. The summed E-state index contributed by atoms with van der Waals surface area (Å²) >= 11 is 0. The van der Waals surface area contributed by atoms with E-state index in [1.807, 2.05) is 25.1 Å². The van der Waals surface area contributed by atoms with Crippen LogP contribution in [-0.4, -0.2) is 38.9 Å². The molecule has 0 N–H and O–H groups in total. The van der Waals surface area contributed by atoms with Crippen molar-refractivity contribution >= 4 is 6.29 Å². The second-order valence-corrected chi connectivity index (χ2v) is 3.54. The fourth-order valence-corrected chi connectivity index (χ4v) is 1.30. The minimum atomic E-state index is 0.641. The summed E-state index contributed by atoms with van der Waals surface area (Å²) in [5.74, 6) is 0.641. The fraction of sp³-hybridized carbons (Fsp3) is 0.333. The van der Waals surface area contributed by atoms with E-state index in [1.54, 1.807) is 19.3 Å². The Bertz CT molecular complexity index is 369. The highest BCUT2D eigenvalue weighted by atomic mass is 16.5. The van der Waals surface area contributed by atoms with Crippen molar-refractivity contribution in [1.82, 2.24) is 4.90 Å². The van der Waals surface area contributed by atoms with Crippen molar-refractivity contribution in [2.45, 2.75) is 0 Å². The molecule has 0 heterocycles. The van der Waals surface area contributed by atoms with E-state index in [0.29, 0.717) is 17.9 Å². The third-order valence-electron chi connectivity index (χ3n) is 2.00. The summed E-state index contributed by atoms with van der Waals surface area (Å²) in [6.45, 7) is 0.711. The second kappa shape index (κ2) is 5.35. The number of allylic oxidation sites excluding steroid dienone is 3. The van der Waals surface area contributed by atoms with Crippen LogP contribution in [0.1, 0.15) is 0 Å². The molecule has 15 heavy (non-hydrogen) atoms. The molecule has 0 aliphatic heterocycles. The van der Waals surface area contributed by atoms with Gasteiger partial charge in [-0.3, -0.25) is 4.79 Å². The van der Waals surface area contributed by atoms with Gasteiger partial charge in [0.1, 0.15) is 5.76 Å². The summed E-state index contributed by atoms with van der Waals surface area (Å²) in [4.78, 5) is 12.9. The van der Waals surface area contributed by atoms with Crippen LogP contribution in [-0.2, 0) is 9.53 Å². The van der Waals surface area contributed by atoms with E-state index in [4.69, 9.17) is 4.74 Å². The van der Waals surface area contributed by atoms with Gasteiger partial charge in [-0.2, -0.15) is 0 Å². The van der Waals surface area contributed by atoms with E-state index >= 15 is 0 Å². The van der Waals surface area contributed by atoms with E-state index in [-0.39, 0.29) is 0 Å². The highest BCUT2D eigenvalue weighted by Crippen LogP contribution is 2.13. The quantitative estimate of drug-likeness (QED) is 0.512. The summed E-state index contributed by atoms with van der Waals surface area (Å²) < 4.78 is 5.07. The molecule has 3 nitrogen and oxygen atoms in total. The van der Waals surface area contributed by atoms with E-state index in [0.717, 1.165) is 11.9 Å². The summed E-state index contributed by atoms with van der Waals surface area (Å²) in [6, 6.07) is 0. The van der Waals surface area contributed by atoms with Crippen molar-refractivity contribution in [3.05, 3.63) is 40.9 Å². The average molecular weight is 205 g/mol. The predicted octanol–water partition coefficient (Wildman–Crippen LogP) is 1.30. The van der Waals surface area contributed by atoms with Crippen LogP contribution in [0.15, 0.2) is 40.9 Å². The first kappa shape index (κ1) is 11.5. The van der Waals surface area contributed by atoms with E-state index in [1.165, 1.54) is 0 Å². The van der Waals surface area contributed by atoms with Crippen LogP contribution < -0.4 is 0 Å². The molecular formula is C12H15NO2. The number of carbonyl (C=O) groups is 1. The summed E-state index contributed by atoms with van der Waals surface area (Å²) in [5, 5.41) is 0. The van der Waals surface area contributed by atoms with Gasteiger partial charge < -0.3 is 9.64 Å². The Morgan fingerprint density at radius 3 is 2.73 bits per heavy atom. The largest absolute Gasteiger partial charge is 0.496 e. The van der Waals surface area contributed by atoms with Crippen LogP contribution >= 0.6 is 0 Å². The second-order valence-electron chi connectivity index (χ2n) is 3.54. The molecule has 0 aromatic heterocycles. The molecule has 1 rings (SSSR count). The molecule has 0 unspecified atom stereocenters. The van der Waals surface area contributed by atoms with Gasteiger partial charge in [0.15, 0.2) is 6.29 Å². The zero-order valence-corrected chi connectivity index (χ0v) is 9.28. The first-order chi connectivity index (χ1) is 7.17. The van der Waals surface area contributed by atoms with Gasteiger partial charge in [-0.15, -0.1) is 5.73 Å². The van der Waals surface area contributed by atoms with Gasteiger partial charge in [0.2, 0.25) is 0 Å². The highest BCUT2D eigenvalue weighted by Gasteiger charge is 2.06. The Balaban J connectivity index is 3.08. The third-order valence-corrected chi connectivity index (χ3v) is 2.00. The zero-order valence-electron chi connectivity index (χ0n) is 9.28. The van der Waals surface area contributed by atoms with Crippen LogP contribution in [0, 0.1) is 0 Å². The Labute approximate surface area is 90.0 Å². The van der Waals surface area contributed by atoms with Crippen molar-refractivity contribution in [2.24, 2.45) is 0 Å². The fourth-order valence-electron chi connectivity index (χ4n) is 1.30. The molecule has 0 saturated heterocycles. The molecule has 80 valence electrons. The van der Waals surface area contributed by atoms with Crippen LogP contribution in [0.5, 0.6) is 0 Å². The lowest BCUT2D eigenvalue weighted by Gasteiger charge is -2.10. The van der Waals surface area contributed by atoms with Gasteiger partial charge in [0.25, 0.3) is 0 Å². The smallest absolute Gasteiger partial charge is 0.150 e. The molecule has 1 aliphatic rings. The SMILES string of the molecule is COC1=CC(C=O)=C(CN(C)C)C=C=C1. The maximum atomic E-state index is 10.9. The number of likely N-dealkylation sites (N-methyl/N-ethyl adjacent to an activating group) is 1. The highest BCUT2D eigenvalue weighted by molar-refractivity contribution is 5.80. The zero-order chi connectivity index (χ0) is 11.3. The van der Waals surface area contributed by atoms with Gasteiger partial charge in [-0.1, -0.05) is 0 Å². The number of hydrogen-bond acceptors (Lipinski definition) is 3. The Hall–Kier alpha value is -1.57. The van der Waals surface area contributed by atoms with Gasteiger partial charge in [-0.05, 0) is 31.8 Å². The molecule has 0 atom stereocenters. The molecule has 3 heteroatoms. The number of carbonyl (C=O) groups excluding carboxylic acids is 1. The van der Waals surface area contributed by atoms with Gasteiger partial charge in [0.05, 0.1) is 7.11 Å². The van der Waals surface area contributed by atoms with Crippen LogP contribution in [0.25, 0.3) is 0 Å². The molecular weight excluding hydrogens is 190 g/mol. The van der Waals surface area contributed by atoms with E-state index in [2.05, 4.69) is 5.73 Å². The average Bonchev–Trinajstić information content (AvgIpc) is 2.39. The number of aldehydes is 1. The molecule has 0 bridgehead atoms. The van der Waals surface area contributed by atoms with Crippen molar-refractivity contribution in [1.29, 1.82) is 0 Å². The number of ether oxygens (including phenoxy) is 1. The monoisotopic (exact) mass is 205 g/mol. The number of rotatable bonds is 4. The number of methoxy groups -OCH3 is 1. The topological polar surface area (TPSA) is 29.5 Å². The summed E-state index contributed by atoms with van der Waals surface area (Å²) in [6.07, 6.45) is 6.09. The minimum absolute atomic E-state index is 0.641. The van der Waals surface area contributed by atoms with Crippen LogP contribution in [0.4, 0.5) is 0 Å². The lowest BCUT2D eigenvalue weighted by molar-refractivity contribution is -0.104. The molecule has 0 aromatic rings. The maximum absolute atomic E-state index is 10.9. The predicted molar refractivity (Wildman–Crippen MR) is 59.4 cm³/mol. The van der Waals surface area contributed by atoms with Gasteiger partial charge in [-0.25, -0.2) is 0 Å². The number of nitrogens with zero attached hydrogens (tertiary/aromatic N) is 1. The van der Waals surface area contributed by atoms with E-state index in [9.17, 15) is 4.79 Å². The van der Waals surface area contributed by atoms with Crippen molar-refractivity contribution < 1.29 is 9.53 Å². The maximum Gasteiger partial charge on any atom is 0.150 e. The Kier molecular flexibility index (Phi) is 4.10. The normalized spacial score (nSPS) is 15.3. The molecule has 0 saturated carbocycles.